The molecular formula is C27H42ClNO7. The van der Waals surface area contributed by atoms with Gasteiger partial charge in [0.2, 0.25) is 5.91 Å². The summed E-state index contributed by atoms with van der Waals surface area (Å²) in [4.78, 5) is 23.3. The number of amides is 1. The lowest BCUT2D eigenvalue weighted by Crippen LogP contribution is -2.58. The summed E-state index contributed by atoms with van der Waals surface area (Å²) in [6, 6.07) is -0.0464. The number of nitrogens with one attached hydrogen (secondary N) is 1. The van der Waals surface area contributed by atoms with Crippen molar-refractivity contribution in [1.82, 2.24) is 5.32 Å². The molecule has 8 nitrogen and oxygen atoms in total. The molecule has 8 atom stereocenters. The zero-order chi connectivity index (χ0) is 27.0. The van der Waals surface area contributed by atoms with Crippen LogP contribution in [-0.2, 0) is 19.1 Å². The summed E-state index contributed by atoms with van der Waals surface area (Å²) in [5.41, 5.74) is -0.705. The highest BCUT2D eigenvalue weighted by molar-refractivity contribution is 6.18. The molecule has 0 radical (unpaired) electrons. The first-order valence-corrected chi connectivity index (χ1v) is 13.2. The van der Waals surface area contributed by atoms with Gasteiger partial charge >= 0.3 is 5.97 Å². The van der Waals surface area contributed by atoms with E-state index in [2.05, 4.69) is 12.2 Å². The van der Waals surface area contributed by atoms with Gasteiger partial charge in [-0.2, -0.15) is 0 Å². The van der Waals surface area contributed by atoms with Crippen LogP contribution in [0.15, 0.2) is 36.0 Å². The minimum Gasteiger partial charge on any atom is -0.481 e. The molecule has 2 fully saturated rings. The fourth-order valence-electron chi connectivity index (χ4n) is 4.60. The van der Waals surface area contributed by atoms with Gasteiger partial charge in [-0.25, -0.2) is 0 Å². The number of aliphatic hydroxyl groups is 2. The maximum Gasteiger partial charge on any atom is 0.305 e. The number of aliphatic hydroxyl groups excluding tert-OH is 1. The maximum atomic E-state index is 12.2. The lowest BCUT2D eigenvalue weighted by molar-refractivity contribution is -0.197. The van der Waals surface area contributed by atoms with E-state index in [0.29, 0.717) is 12.3 Å². The molecule has 0 bridgehead atoms. The minimum absolute atomic E-state index is 0.000478. The van der Waals surface area contributed by atoms with Gasteiger partial charge in [-0.1, -0.05) is 50.6 Å². The Bertz CT molecular complexity index is 842. The lowest BCUT2D eigenvalue weighted by atomic mass is 9.84. The van der Waals surface area contributed by atoms with Crippen LogP contribution in [0, 0.1) is 11.8 Å². The van der Waals surface area contributed by atoms with Crippen molar-refractivity contribution in [3.8, 4) is 0 Å². The predicted octanol–water partition coefficient (Wildman–Crippen LogP) is 3.35. The molecule has 2 rings (SSSR count). The molecule has 0 aromatic heterocycles. The molecule has 204 valence electrons. The Morgan fingerprint density at radius 3 is 2.53 bits per heavy atom. The van der Waals surface area contributed by atoms with E-state index >= 15 is 0 Å². The number of rotatable bonds is 10. The van der Waals surface area contributed by atoms with Crippen LogP contribution in [0.3, 0.4) is 0 Å². The highest BCUT2D eigenvalue weighted by Crippen LogP contribution is 2.33. The van der Waals surface area contributed by atoms with Crippen molar-refractivity contribution in [3.05, 3.63) is 36.0 Å². The molecular weight excluding hydrogens is 486 g/mol. The molecule has 1 amide bonds. The van der Waals surface area contributed by atoms with Gasteiger partial charge in [0.1, 0.15) is 17.8 Å². The molecule has 2 saturated heterocycles. The number of hydrogen-bond acceptors (Lipinski definition) is 6. The van der Waals surface area contributed by atoms with Crippen LogP contribution in [0.5, 0.6) is 0 Å². The number of hydrogen-bond donors (Lipinski definition) is 4. The van der Waals surface area contributed by atoms with E-state index in [1.807, 2.05) is 39.8 Å². The van der Waals surface area contributed by atoms with Gasteiger partial charge in [0.05, 0.1) is 36.7 Å². The average Bonchev–Trinajstić information content (AvgIpc) is 2.79. The number of carbonyl (C=O) groups excluding carboxylic acids is 1. The summed E-state index contributed by atoms with van der Waals surface area (Å²) in [6.07, 6.45) is 7.06. The van der Waals surface area contributed by atoms with E-state index in [1.54, 1.807) is 18.2 Å². The number of aliphatic carboxylic acids is 1. The fraction of sp³-hybridized carbons (Fsp3) is 0.704. The molecule has 0 unspecified atom stereocenters. The lowest BCUT2D eigenvalue weighted by Gasteiger charge is -2.43. The van der Waals surface area contributed by atoms with Crippen LogP contribution in [0.25, 0.3) is 0 Å². The first-order chi connectivity index (χ1) is 16.8. The monoisotopic (exact) mass is 527 g/mol. The van der Waals surface area contributed by atoms with Gasteiger partial charge < -0.3 is 30.1 Å². The SMILES string of the molecule is CC(/C=C/[C@H]1O[C@H](CC(=O)O)C[C@@](O)(CCl)[C@@H]1O)=C\C[C@@H]1O[C@H](C)[C@H](NC(=O)/C=C\C(C)C)C[C@@H]1C. The standard InChI is InChI=1S/C27H42ClNO7/c1-16(2)6-11-24(30)29-21-12-18(4)22(35-19(21)5)9-7-17(3)8-10-23-26(33)27(34,15-28)14-20(36-23)13-25(31)32/h6-8,10-11,16,18-23,26,33-34H,9,12-15H2,1-5H3,(H,29,30)(H,31,32)/b10-8+,11-6-,17-7+/t18-,19+,20+,21+,22-,23+,26+,27+/m0/s1. The second kappa shape index (κ2) is 13.7. The predicted molar refractivity (Wildman–Crippen MR) is 139 cm³/mol. The fourth-order valence-corrected chi connectivity index (χ4v) is 4.87. The highest BCUT2D eigenvalue weighted by Gasteiger charge is 2.47. The number of carboxylic acid groups (broad SMARTS) is 1. The van der Waals surface area contributed by atoms with Crippen LogP contribution in [0.4, 0.5) is 0 Å². The van der Waals surface area contributed by atoms with Gasteiger partial charge in [-0.05, 0) is 44.6 Å². The van der Waals surface area contributed by atoms with Crippen molar-refractivity contribution in [2.45, 2.75) is 102 Å². The molecule has 36 heavy (non-hydrogen) atoms. The first-order valence-electron chi connectivity index (χ1n) is 12.7. The third kappa shape index (κ3) is 8.99. The number of ether oxygens (including phenoxy) is 2. The Kier molecular flexibility index (Phi) is 11.6. The average molecular weight is 528 g/mol. The van der Waals surface area contributed by atoms with E-state index in [-0.39, 0.29) is 48.8 Å². The van der Waals surface area contributed by atoms with E-state index < -0.39 is 29.9 Å². The van der Waals surface area contributed by atoms with E-state index in [0.717, 1.165) is 12.0 Å². The molecule has 0 aliphatic carbocycles. The van der Waals surface area contributed by atoms with Crippen molar-refractivity contribution >= 4 is 23.5 Å². The third-order valence-electron chi connectivity index (χ3n) is 6.82. The molecule has 0 aromatic carbocycles. The number of carbonyl (C=O) groups is 2. The molecule has 0 saturated carbocycles. The Hall–Kier alpha value is -1.71. The number of alkyl halides is 1. The second-order valence-electron chi connectivity index (χ2n) is 10.6. The van der Waals surface area contributed by atoms with Gasteiger partial charge in [-0.3, -0.25) is 9.59 Å². The maximum absolute atomic E-state index is 12.2. The zero-order valence-electron chi connectivity index (χ0n) is 21.9. The number of halogens is 1. The zero-order valence-corrected chi connectivity index (χ0v) is 22.6. The Morgan fingerprint density at radius 2 is 1.92 bits per heavy atom. The molecule has 0 aromatic rings. The van der Waals surface area contributed by atoms with Crippen molar-refractivity contribution < 1.29 is 34.4 Å². The van der Waals surface area contributed by atoms with Gasteiger partial charge in [-0.15, -0.1) is 11.6 Å². The quantitative estimate of drug-likeness (QED) is 0.195. The summed E-state index contributed by atoms with van der Waals surface area (Å²) in [6.45, 7) is 10.0. The van der Waals surface area contributed by atoms with E-state index in [9.17, 15) is 19.8 Å². The summed E-state index contributed by atoms with van der Waals surface area (Å²) in [5.74, 6) is -0.815. The van der Waals surface area contributed by atoms with Crippen molar-refractivity contribution in [3.63, 3.8) is 0 Å². The van der Waals surface area contributed by atoms with Crippen molar-refractivity contribution in [1.29, 1.82) is 0 Å². The highest BCUT2D eigenvalue weighted by atomic mass is 35.5. The van der Waals surface area contributed by atoms with Crippen LogP contribution in [0.1, 0.15) is 60.3 Å². The number of carboxylic acids is 1. The van der Waals surface area contributed by atoms with Gasteiger partial charge in [0.25, 0.3) is 0 Å². The molecule has 0 spiro atoms. The Labute approximate surface area is 219 Å². The second-order valence-corrected chi connectivity index (χ2v) is 10.8. The topological polar surface area (TPSA) is 125 Å². The van der Waals surface area contributed by atoms with Crippen LogP contribution in [-0.4, -0.2) is 75.2 Å². The van der Waals surface area contributed by atoms with Crippen LogP contribution in [0.2, 0.25) is 0 Å². The third-order valence-corrected chi connectivity index (χ3v) is 7.29. The normalized spacial score (nSPS) is 36.0. The Balaban J connectivity index is 1.96. The van der Waals surface area contributed by atoms with Crippen molar-refractivity contribution in [2.75, 3.05) is 5.88 Å². The van der Waals surface area contributed by atoms with Crippen LogP contribution >= 0.6 is 11.6 Å². The molecule has 2 aliphatic heterocycles. The summed E-state index contributed by atoms with van der Waals surface area (Å²) in [7, 11) is 0. The molecule has 2 heterocycles. The molecule has 2 aliphatic rings. The largest absolute Gasteiger partial charge is 0.481 e. The van der Waals surface area contributed by atoms with Crippen molar-refractivity contribution in [2.24, 2.45) is 11.8 Å². The van der Waals surface area contributed by atoms with Gasteiger partial charge in [0.15, 0.2) is 0 Å². The van der Waals surface area contributed by atoms with Crippen LogP contribution < -0.4 is 5.32 Å². The number of allylic oxidation sites excluding steroid dienone is 3. The smallest absolute Gasteiger partial charge is 0.305 e. The van der Waals surface area contributed by atoms with E-state index in [4.69, 9.17) is 26.2 Å². The Morgan fingerprint density at radius 1 is 1.22 bits per heavy atom. The van der Waals surface area contributed by atoms with E-state index in [1.165, 1.54) is 0 Å². The molecule has 9 heteroatoms. The summed E-state index contributed by atoms with van der Waals surface area (Å²) >= 11 is 5.88. The summed E-state index contributed by atoms with van der Waals surface area (Å²) in [5, 5.41) is 33.4. The minimum atomic E-state index is -1.62. The van der Waals surface area contributed by atoms with Gasteiger partial charge in [0, 0.05) is 6.42 Å². The summed E-state index contributed by atoms with van der Waals surface area (Å²) < 4.78 is 11.9. The first kappa shape index (κ1) is 30.5. The molecule has 4 N–H and O–H groups in total.